The van der Waals surface area contributed by atoms with Crippen molar-refractivity contribution in [1.29, 1.82) is 0 Å². The van der Waals surface area contributed by atoms with E-state index in [9.17, 15) is 10.2 Å². The van der Waals surface area contributed by atoms with Crippen molar-refractivity contribution in [2.75, 3.05) is 48.0 Å². The number of likely N-dealkylation sites (N-methyl/N-ethyl adjacent to an activating group) is 2. The van der Waals surface area contributed by atoms with Crippen LogP contribution in [0.4, 0.5) is 0 Å². The van der Waals surface area contributed by atoms with Crippen LogP contribution in [0.25, 0.3) is 84.1 Å². The van der Waals surface area contributed by atoms with Crippen LogP contribution in [-0.4, -0.2) is 194 Å². The Bertz CT molecular complexity index is 4030. The lowest BCUT2D eigenvalue weighted by molar-refractivity contribution is 0.151. The van der Waals surface area contributed by atoms with Crippen LogP contribution in [-0.2, 0) is 19.6 Å². The van der Waals surface area contributed by atoms with E-state index in [0.717, 1.165) is 123 Å². The van der Waals surface area contributed by atoms with Gasteiger partial charge in [0.05, 0.1) is 195 Å². The quantitative estimate of drug-likeness (QED) is 0.0405. The van der Waals surface area contributed by atoms with Gasteiger partial charge in [0.25, 0.3) is 0 Å². The molecule has 12 rings (SSSR count). The van der Waals surface area contributed by atoms with Gasteiger partial charge in [-0.3, -0.25) is 28.1 Å². The fraction of sp³-hybridized carbons (Fsp3) is 0.438. The average Bonchev–Trinajstić information content (AvgIpc) is 1.83. The van der Waals surface area contributed by atoms with Gasteiger partial charge in [0, 0.05) is 76.6 Å². The highest BCUT2D eigenvalue weighted by Gasteiger charge is 2.21. The van der Waals surface area contributed by atoms with Crippen molar-refractivity contribution < 1.29 is 15.3 Å². The molecule has 0 aliphatic rings. The predicted octanol–water partition coefficient (Wildman–Crippen LogP) is 7.62. The van der Waals surface area contributed by atoms with E-state index in [4.69, 9.17) is 25.8 Å². The largest absolute Gasteiger partial charge is 0.395 e. The summed E-state index contributed by atoms with van der Waals surface area (Å²) in [6, 6.07) is 6.67. The Hall–Kier alpha value is -9.12. The fourth-order valence-electron chi connectivity index (χ4n) is 11.1. The van der Waals surface area contributed by atoms with Crippen LogP contribution in [0.3, 0.4) is 0 Å². The summed E-state index contributed by atoms with van der Waals surface area (Å²) in [4.78, 5) is 18.8. The lowest BCUT2D eigenvalue weighted by Crippen LogP contribution is -2.35. The van der Waals surface area contributed by atoms with Crippen LogP contribution < -0.4 is 5.73 Å². The van der Waals surface area contributed by atoms with E-state index >= 15 is 0 Å². The first-order valence-electron chi connectivity index (χ1n) is 31.4. The number of hydrogen-bond acceptors (Lipinski definition) is 18. The molecule has 0 spiro atoms. The van der Waals surface area contributed by atoms with E-state index in [-0.39, 0.29) is 37.9 Å². The zero-order valence-electron chi connectivity index (χ0n) is 53.8. The molecule has 27 heteroatoms. The number of nitrogens with zero attached hydrogens (tertiary/aromatic N) is 23. The smallest absolute Gasteiger partial charge is 0.0999 e. The highest BCUT2D eigenvalue weighted by molar-refractivity contribution is 5.80. The first-order valence-corrected chi connectivity index (χ1v) is 31.4. The van der Waals surface area contributed by atoms with E-state index in [2.05, 4.69) is 106 Å². The molecule has 0 aromatic carbocycles. The monoisotopic (exact) mass is 1240 g/mol. The van der Waals surface area contributed by atoms with E-state index in [1.54, 1.807) is 41.9 Å². The third-order valence-corrected chi connectivity index (χ3v) is 16.9. The van der Waals surface area contributed by atoms with E-state index in [1.807, 2.05) is 149 Å². The summed E-state index contributed by atoms with van der Waals surface area (Å²) in [5.74, 6) is 0. The average molecular weight is 1240 g/mol. The molecule has 0 radical (unpaired) electrons. The molecule has 0 fully saturated rings. The van der Waals surface area contributed by atoms with Gasteiger partial charge in [-0.2, -0.15) is 45.9 Å². The Morgan fingerprint density at radius 1 is 0.374 bits per heavy atom. The fourth-order valence-corrected chi connectivity index (χ4v) is 11.1. The number of hydrogen-bond donors (Lipinski definition) is 4. The van der Waals surface area contributed by atoms with Gasteiger partial charge in [-0.1, -0.05) is 41.5 Å². The van der Waals surface area contributed by atoms with Gasteiger partial charge < -0.3 is 30.9 Å². The Morgan fingerprint density at radius 2 is 0.670 bits per heavy atom. The van der Waals surface area contributed by atoms with Crippen molar-refractivity contribution in [2.45, 2.75) is 136 Å². The minimum atomic E-state index is -0.351. The Morgan fingerprint density at radius 3 is 0.945 bits per heavy atom. The molecule has 0 amide bonds. The number of aromatic nitrogens is 21. The molecule has 0 bridgehead atoms. The number of rotatable bonds is 26. The second-order valence-corrected chi connectivity index (χ2v) is 23.3. The zero-order valence-corrected chi connectivity index (χ0v) is 53.8. The van der Waals surface area contributed by atoms with E-state index < -0.39 is 0 Å². The Labute approximate surface area is 529 Å². The van der Waals surface area contributed by atoms with Crippen molar-refractivity contribution in [3.8, 4) is 67.5 Å². The van der Waals surface area contributed by atoms with Crippen LogP contribution in [0, 0.1) is 0 Å². The summed E-state index contributed by atoms with van der Waals surface area (Å²) >= 11 is 0. The third kappa shape index (κ3) is 14.7. The first-order chi connectivity index (χ1) is 44.2. The lowest BCUT2D eigenvalue weighted by Gasteiger charge is -2.21. The van der Waals surface area contributed by atoms with Gasteiger partial charge >= 0.3 is 0 Å². The standard InChI is InChI=1S/2C22H30N8O.C20H26N8O/c2*1-5-18(6-2)29-12-17(10-25-29)22-21-7-8-23-30(21)14-20(26-22)16-9-24-28(11-16)13-19(15-31)27(3)4;1-3-17(4-2)27-10-15(8-24-27)20-19-5-6-22-28(19)12-18(25-20)14-7-23-26(9-14)11-16(21)13-29/h2*7-12,14,18-19,31H,5-6,13,15H2,1-4H3;5-10,12,16-17,29H,3-4,11,13,21H2,1-2H3/t2*19-;16-/m101/s1. The van der Waals surface area contributed by atoms with E-state index in [0.29, 0.717) is 37.8 Å². The molecule has 0 saturated carbocycles. The Kier molecular flexibility index (Phi) is 21.1. The number of nitrogens with two attached hydrogens (primary N) is 1. The zero-order chi connectivity index (χ0) is 64.3. The molecule has 12 aromatic heterocycles. The highest BCUT2D eigenvalue weighted by Crippen LogP contribution is 2.32. The van der Waals surface area contributed by atoms with Crippen molar-refractivity contribution in [1.82, 2.24) is 112 Å². The van der Waals surface area contributed by atoms with Crippen molar-refractivity contribution in [2.24, 2.45) is 5.73 Å². The van der Waals surface area contributed by atoms with Gasteiger partial charge in [0.15, 0.2) is 0 Å². The second kappa shape index (κ2) is 29.7. The SMILES string of the molecule is CCC(CC)n1cc(-c2nc(-c3cnn(C[C@@H](CO)N(C)C)c3)cn3nccc23)cn1.CCC(CC)n1cc(-c2nc(-c3cnn(C[C@@H](N)CO)c3)cn3nccc23)cn1.CCC(CC)n1cc(-c2nc(-c3cnn(C[C@H](CO)N(C)C)c3)cn3nccc23)cn1. The highest BCUT2D eigenvalue weighted by atomic mass is 16.3. The minimum Gasteiger partial charge on any atom is -0.395 e. The third-order valence-electron chi connectivity index (χ3n) is 16.9. The van der Waals surface area contributed by atoms with Gasteiger partial charge in [0.2, 0.25) is 0 Å². The van der Waals surface area contributed by atoms with Crippen molar-refractivity contribution in [3.05, 3.63) is 130 Å². The summed E-state index contributed by atoms with van der Waals surface area (Å²) in [5.41, 5.74) is 19.1. The molecule has 0 aliphatic carbocycles. The maximum Gasteiger partial charge on any atom is 0.0999 e. The molecule has 5 N–H and O–H groups in total. The molecular formula is C64H86N24O3. The summed E-state index contributed by atoms with van der Waals surface area (Å²) in [5, 5.41) is 68.7. The number of aliphatic hydroxyl groups is 3. The molecule has 3 atom stereocenters. The normalized spacial score (nSPS) is 13.0. The molecule has 91 heavy (non-hydrogen) atoms. The van der Waals surface area contributed by atoms with Gasteiger partial charge in [-0.15, -0.1) is 0 Å². The first kappa shape index (κ1) is 64.9. The van der Waals surface area contributed by atoms with Gasteiger partial charge in [-0.05, 0) is 84.9 Å². The van der Waals surface area contributed by atoms with Crippen molar-refractivity contribution >= 4 is 16.6 Å². The Balaban J connectivity index is 0.000000150. The molecule has 12 aromatic rings. The molecular weight excluding hydrogens is 1150 g/mol. The number of aliphatic hydroxyl groups excluding tert-OH is 3. The summed E-state index contributed by atoms with van der Waals surface area (Å²) in [6.45, 7) is 14.8. The molecule has 0 aliphatic heterocycles. The summed E-state index contributed by atoms with van der Waals surface area (Å²) in [6.07, 6.45) is 40.2. The second-order valence-electron chi connectivity index (χ2n) is 23.3. The van der Waals surface area contributed by atoms with Gasteiger partial charge in [-0.25, -0.2) is 28.5 Å². The predicted molar refractivity (Wildman–Crippen MR) is 349 cm³/mol. The van der Waals surface area contributed by atoms with Crippen LogP contribution in [0.15, 0.2) is 130 Å². The van der Waals surface area contributed by atoms with Crippen LogP contribution in [0.2, 0.25) is 0 Å². The summed E-state index contributed by atoms with van der Waals surface area (Å²) in [7, 11) is 7.80. The molecule has 27 nitrogen and oxygen atoms in total. The minimum absolute atomic E-state index is 0.000724. The maximum atomic E-state index is 9.60. The molecule has 0 saturated heterocycles. The van der Waals surface area contributed by atoms with Crippen LogP contribution in [0.5, 0.6) is 0 Å². The topological polar surface area (TPSA) is 291 Å². The molecule has 12 heterocycles. The van der Waals surface area contributed by atoms with Crippen molar-refractivity contribution in [3.63, 3.8) is 0 Å². The van der Waals surface area contributed by atoms with Crippen LogP contribution >= 0.6 is 0 Å². The molecule has 480 valence electrons. The lowest BCUT2D eigenvalue weighted by atomic mass is 10.1. The maximum absolute atomic E-state index is 9.60. The number of fused-ring (bicyclic) bond motifs is 3. The van der Waals surface area contributed by atoms with Gasteiger partial charge in [0.1, 0.15) is 0 Å². The van der Waals surface area contributed by atoms with E-state index in [1.165, 1.54) is 0 Å². The molecule has 0 unspecified atom stereocenters. The van der Waals surface area contributed by atoms with Crippen LogP contribution in [0.1, 0.15) is 98.2 Å². The summed E-state index contributed by atoms with van der Waals surface area (Å²) < 4.78 is 17.0.